The van der Waals surface area contributed by atoms with Gasteiger partial charge in [0.2, 0.25) is 0 Å². The van der Waals surface area contributed by atoms with E-state index in [1.54, 1.807) is 12.4 Å². The molecule has 1 aliphatic heterocycles. The minimum Gasteiger partial charge on any atom is -0.683 e. The van der Waals surface area contributed by atoms with E-state index in [4.69, 9.17) is 0 Å². The lowest BCUT2D eigenvalue weighted by atomic mass is 9.82. The zero-order chi connectivity index (χ0) is 20.9. The van der Waals surface area contributed by atoms with Gasteiger partial charge >= 0.3 is 0 Å². The molecule has 1 aromatic heterocycles. The Hall–Kier alpha value is -3.41. The van der Waals surface area contributed by atoms with Crippen molar-refractivity contribution in [3.8, 4) is 0 Å². The van der Waals surface area contributed by atoms with E-state index < -0.39 is 0 Å². The number of carbonyl (C=O) groups is 1. The fraction of sp³-hybridized carbons (Fsp3) is 0.292. The first-order valence-corrected chi connectivity index (χ1v) is 10.4. The molecular formula is C24H27N5O. The van der Waals surface area contributed by atoms with Gasteiger partial charge in [0, 0.05) is 23.5 Å². The van der Waals surface area contributed by atoms with Crippen molar-refractivity contribution < 1.29 is 9.37 Å². The van der Waals surface area contributed by atoms with Gasteiger partial charge in [-0.25, -0.2) is 4.58 Å². The maximum atomic E-state index is 12.6. The van der Waals surface area contributed by atoms with Gasteiger partial charge in [-0.15, -0.1) is 0 Å². The summed E-state index contributed by atoms with van der Waals surface area (Å²) >= 11 is 0. The van der Waals surface area contributed by atoms with Crippen LogP contribution in [0.15, 0.2) is 66.9 Å². The number of anilines is 1. The zero-order valence-electron chi connectivity index (χ0n) is 17.4. The molecule has 2 heterocycles. The second-order valence-corrected chi connectivity index (χ2v) is 7.84. The molecule has 0 spiro atoms. The SMILES string of the molecule is CC([N-]C=CNC1=C[N+](C)=C1)c1cccc(NC(=O)c2ccc(C3CCC3)nc2)c1. The molecule has 2 aromatic rings. The molecular weight excluding hydrogens is 374 g/mol. The second kappa shape index (κ2) is 8.95. The number of hydrogen-bond acceptors (Lipinski definition) is 3. The highest BCUT2D eigenvalue weighted by molar-refractivity contribution is 6.04. The standard InChI is InChI=1S/C24H27N5O/c1-17(25-11-12-26-22-15-29(2)16-22)19-7-4-8-21(13-19)28-24(30)20-9-10-23(27-14-20)18-5-3-6-18/h4,7-18,26H,3,5-6H2,1-2H3,(H,28,30). The van der Waals surface area contributed by atoms with Crippen LogP contribution in [-0.2, 0) is 0 Å². The van der Waals surface area contributed by atoms with Crippen molar-refractivity contribution in [2.75, 3.05) is 12.4 Å². The van der Waals surface area contributed by atoms with Crippen molar-refractivity contribution in [3.63, 3.8) is 0 Å². The third kappa shape index (κ3) is 4.76. The normalized spacial score (nSPS) is 16.7. The van der Waals surface area contributed by atoms with Gasteiger partial charge in [0.15, 0.2) is 18.1 Å². The monoisotopic (exact) mass is 401 g/mol. The minimum atomic E-state index is -0.150. The molecule has 0 radical (unpaired) electrons. The maximum Gasteiger partial charge on any atom is 0.257 e. The Kier molecular flexibility index (Phi) is 5.93. The van der Waals surface area contributed by atoms with Crippen LogP contribution in [0.2, 0.25) is 0 Å². The lowest BCUT2D eigenvalue weighted by molar-refractivity contribution is -0.429. The number of hydrogen-bond donors (Lipinski definition) is 2. The summed E-state index contributed by atoms with van der Waals surface area (Å²) in [6.07, 6.45) is 12.9. The fourth-order valence-corrected chi connectivity index (χ4v) is 3.46. The van der Waals surface area contributed by atoms with Crippen LogP contribution in [0, 0.1) is 0 Å². The third-order valence-corrected chi connectivity index (χ3v) is 5.52. The van der Waals surface area contributed by atoms with Gasteiger partial charge in [-0.1, -0.05) is 37.1 Å². The van der Waals surface area contributed by atoms with Crippen molar-refractivity contribution in [1.29, 1.82) is 0 Å². The molecule has 4 rings (SSSR count). The van der Waals surface area contributed by atoms with Crippen LogP contribution in [0.5, 0.6) is 0 Å². The number of nitrogens with zero attached hydrogens (tertiary/aromatic N) is 3. The molecule has 1 unspecified atom stereocenters. The number of carbonyl (C=O) groups excluding carboxylic acids is 1. The zero-order valence-corrected chi connectivity index (χ0v) is 17.4. The largest absolute Gasteiger partial charge is 0.683 e. The average Bonchev–Trinajstić information content (AvgIpc) is 2.69. The van der Waals surface area contributed by atoms with Gasteiger partial charge in [0.25, 0.3) is 5.91 Å². The molecule has 1 saturated carbocycles. The highest BCUT2D eigenvalue weighted by Crippen LogP contribution is 2.35. The summed E-state index contributed by atoms with van der Waals surface area (Å²) in [6, 6.07) is 11.6. The first-order valence-electron chi connectivity index (χ1n) is 10.4. The highest BCUT2D eigenvalue weighted by atomic mass is 16.1. The van der Waals surface area contributed by atoms with Gasteiger partial charge in [0.1, 0.15) is 7.05 Å². The van der Waals surface area contributed by atoms with Gasteiger partial charge in [0.05, 0.1) is 5.56 Å². The highest BCUT2D eigenvalue weighted by Gasteiger charge is 2.20. The molecule has 6 nitrogen and oxygen atoms in total. The van der Waals surface area contributed by atoms with Gasteiger partial charge in [-0.2, -0.15) is 6.20 Å². The van der Waals surface area contributed by atoms with E-state index in [9.17, 15) is 4.79 Å². The van der Waals surface area contributed by atoms with Crippen molar-refractivity contribution in [3.05, 3.63) is 89.0 Å². The van der Waals surface area contributed by atoms with Crippen LogP contribution >= 0.6 is 0 Å². The molecule has 2 aliphatic rings. The van der Waals surface area contributed by atoms with E-state index in [-0.39, 0.29) is 11.9 Å². The molecule has 2 N–H and O–H groups in total. The summed E-state index contributed by atoms with van der Waals surface area (Å²) in [7, 11) is 1.98. The third-order valence-electron chi connectivity index (χ3n) is 5.52. The van der Waals surface area contributed by atoms with Gasteiger partial charge in [-0.05, 0) is 43.3 Å². The van der Waals surface area contributed by atoms with Crippen molar-refractivity contribution in [2.24, 2.45) is 0 Å². The van der Waals surface area contributed by atoms with Crippen LogP contribution < -0.4 is 10.6 Å². The predicted molar refractivity (Wildman–Crippen MR) is 120 cm³/mol. The van der Waals surface area contributed by atoms with Crippen LogP contribution in [0.1, 0.15) is 59.8 Å². The number of allylic oxidation sites excluding steroid dienone is 1. The molecule has 1 atom stereocenters. The van der Waals surface area contributed by atoms with E-state index in [0.717, 1.165) is 22.6 Å². The molecule has 1 amide bonds. The summed E-state index contributed by atoms with van der Waals surface area (Å²) in [6.45, 7) is 2.02. The molecule has 1 aliphatic carbocycles. The van der Waals surface area contributed by atoms with Crippen LogP contribution in [0.4, 0.5) is 5.69 Å². The quantitative estimate of drug-likeness (QED) is 0.632. The summed E-state index contributed by atoms with van der Waals surface area (Å²) < 4.78 is 1.98. The Bertz CT molecular complexity index is 1000. The van der Waals surface area contributed by atoms with Crippen molar-refractivity contribution in [2.45, 2.75) is 38.1 Å². The Balaban J connectivity index is 1.31. The van der Waals surface area contributed by atoms with E-state index >= 15 is 0 Å². The number of nitrogens with one attached hydrogen (secondary N) is 2. The lowest BCUT2D eigenvalue weighted by Gasteiger charge is -2.26. The van der Waals surface area contributed by atoms with Gasteiger partial charge < -0.3 is 16.0 Å². The Morgan fingerprint density at radius 3 is 2.80 bits per heavy atom. The Morgan fingerprint density at radius 1 is 1.30 bits per heavy atom. The maximum absolute atomic E-state index is 12.6. The Labute approximate surface area is 177 Å². The average molecular weight is 402 g/mol. The summed E-state index contributed by atoms with van der Waals surface area (Å²) in [5.74, 6) is 0.418. The van der Waals surface area contributed by atoms with E-state index in [1.165, 1.54) is 19.3 Å². The van der Waals surface area contributed by atoms with Gasteiger partial charge in [-0.3, -0.25) is 9.78 Å². The summed E-state index contributed by atoms with van der Waals surface area (Å²) in [4.78, 5) is 17.1. The van der Waals surface area contributed by atoms with Crippen LogP contribution in [-0.4, -0.2) is 28.7 Å². The van der Waals surface area contributed by atoms with Crippen molar-refractivity contribution in [1.82, 2.24) is 10.3 Å². The first kappa shape index (κ1) is 19.9. The minimum absolute atomic E-state index is 0.0228. The molecule has 1 aromatic carbocycles. The molecule has 30 heavy (non-hydrogen) atoms. The van der Waals surface area contributed by atoms with Crippen LogP contribution in [0.25, 0.3) is 5.32 Å². The molecule has 0 saturated heterocycles. The summed E-state index contributed by atoms with van der Waals surface area (Å²) in [5, 5.41) is 10.7. The smallest absolute Gasteiger partial charge is 0.257 e. The Morgan fingerprint density at radius 2 is 2.13 bits per heavy atom. The molecule has 0 bridgehead atoms. The van der Waals surface area contributed by atoms with Crippen LogP contribution in [0.3, 0.4) is 0 Å². The number of rotatable bonds is 8. The number of pyridine rings is 1. The number of aromatic nitrogens is 1. The fourth-order valence-electron chi connectivity index (χ4n) is 3.46. The van der Waals surface area contributed by atoms with E-state index in [2.05, 4.69) is 20.9 Å². The molecule has 154 valence electrons. The number of amides is 1. The number of benzene rings is 1. The van der Waals surface area contributed by atoms with Crippen molar-refractivity contribution >= 4 is 17.8 Å². The van der Waals surface area contributed by atoms with E-state index in [1.807, 2.05) is 73.6 Å². The van der Waals surface area contributed by atoms with E-state index in [0.29, 0.717) is 11.5 Å². The molecule has 6 heteroatoms. The molecule has 1 fully saturated rings. The lowest BCUT2D eigenvalue weighted by Crippen LogP contribution is -2.21. The first-order chi connectivity index (χ1) is 14.6. The predicted octanol–water partition coefficient (Wildman–Crippen LogP) is 4.67. The second-order valence-electron chi connectivity index (χ2n) is 7.84. The topological polar surface area (TPSA) is 71.1 Å². The summed E-state index contributed by atoms with van der Waals surface area (Å²) in [5.41, 5.74) is 4.50.